The lowest BCUT2D eigenvalue weighted by atomic mass is 9.96. The van der Waals surface area contributed by atoms with Crippen LogP contribution in [0.3, 0.4) is 0 Å². The number of ether oxygens (including phenoxy) is 2. The van der Waals surface area contributed by atoms with Gasteiger partial charge in [-0.25, -0.2) is 0 Å². The van der Waals surface area contributed by atoms with Crippen LogP contribution in [-0.2, 0) is 17.8 Å². The van der Waals surface area contributed by atoms with Gasteiger partial charge in [0.05, 0.1) is 38.0 Å². The number of carbonyl (C=O) groups is 1. The highest BCUT2D eigenvalue weighted by molar-refractivity contribution is 6.33. The van der Waals surface area contributed by atoms with E-state index in [4.69, 9.17) is 21.1 Å². The predicted molar refractivity (Wildman–Crippen MR) is 144 cm³/mol. The summed E-state index contributed by atoms with van der Waals surface area (Å²) in [5.74, 6) is 1.52. The Hall–Kier alpha value is -2.93. The molecule has 1 aromatic heterocycles. The third-order valence-corrected chi connectivity index (χ3v) is 7.09. The number of rotatable bonds is 13. The first kappa shape index (κ1) is 27.7. The molecule has 7 nitrogen and oxygen atoms in total. The number of halogens is 1. The van der Waals surface area contributed by atoms with E-state index in [0.717, 1.165) is 37.1 Å². The summed E-state index contributed by atoms with van der Waals surface area (Å²) in [7, 11) is 3.18. The van der Waals surface area contributed by atoms with Crippen LogP contribution >= 0.6 is 11.6 Å². The van der Waals surface area contributed by atoms with Gasteiger partial charge in [-0.05, 0) is 55.9 Å². The Morgan fingerprint density at radius 3 is 2.64 bits per heavy atom. The first-order chi connectivity index (χ1) is 17.4. The predicted octanol–water partition coefficient (Wildman–Crippen LogP) is 5.24. The monoisotopic (exact) mass is 514 g/mol. The number of pyridine rings is 1. The molecule has 0 aliphatic carbocycles. The van der Waals surface area contributed by atoms with Crippen molar-refractivity contribution in [3.8, 4) is 11.5 Å². The van der Waals surface area contributed by atoms with Crippen LogP contribution < -0.4 is 14.8 Å². The number of carbonyl (C=O) groups excluding carboxylic acids is 1. The summed E-state index contributed by atoms with van der Waals surface area (Å²) in [5.41, 5.74) is 3.30. The van der Waals surface area contributed by atoms with Crippen LogP contribution in [0.2, 0.25) is 5.02 Å². The van der Waals surface area contributed by atoms with Crippen LogP contribution in [0.4, 0.5) is 0 Å². The number of hydrogen-bond acceptors (Lipinski definition) is 6. The zero-order valence-corrected chi connectivity index (χ0v) is 22.8. The summed E-state index contributed by atoms with van der Waals surface area (Å²) >= 11 is 6.54. The summed E-state index contributed by atoms with van der Waals surface area (Å²) in [5, 5.41) is 3.75. The summed E-state index contributed by atoms with van der Waals surface area (Å²) in [6, 6.07) is 9.81. The molecule has 0 bridgehead atoms. The van der Waals surface area contributed by atoms with Crippen LogP contribution in [0.15, 0.2) is 48.4 Å². The van der Waals surface area contributed by atoms with Crippen molar-refractivity contribution >= 4 is 17.5 Å². The molecule has 0 spiro atoms. The average Bonchev–Trinajstić information content (AvgIpc) is 3.23. The van der Waals surface area contributed by atoms with Crippen molar-refractivity contribution in [2.45, 2.75) is 59.2 Å². The number of nitrogens with zero attached hydrogens (tertiary/aromatic N) is 3. The molecule has 0 radical (unpaired) electrons. The molecular weight excluding hydrogens is 476 g/mol. The SMILES string of the molecule is CCC1=CN(Cc2ccccn2)C(CNC(=O)CCC(C)Cc2ccc(OC)c(OC)c2Cl)N1CC. The highest BCUT2D eigenvalue weighted by Crippen LogP contribution is 2.38. The number of aromatic nitrogens is 1. The smallest absolute Gasteiger partial charge is 0.220 e. The number of hydrogen-bond donors (Lipinski definition) is 1. The quantitative estimate of drug-likeness (QED) is 0.394. The van der Waals surface area contributed by atoms with Crippen molar-refractivity contribution in [2.24, 2.45) is 5.92 Å². The van der Waals surface area contributed by atoms with Crippen LogP contribution in [0.5, 0.6) is 11.5 Å². The maximum absolute atomic E-state index is 12.8. The summed E-state index contributed by atoms with van der Waals surface area (Å²) in [6.45, 7) is 8.63. The Labute approximate surface area is 220 Å². The Kier molecular flexibility index (Phi) is 10.3. The molecule has 8 heteroatoms. The lowest BCUT2D eigenvalue weighted by Crippen LogP contribution is -2.47. The Morgan fingerprint density at radius 1 is 1.19 bits per heavy atom. The summed E-state index contributed by atoms with van der Waals surface area (Å²) < 4.78 is 10.7. The molecule has 0 fully saturated rings. The molecule has 1 amide bonds. The molecule has 2 aromatic rings. The van der Waals surface area contributed by atoms with Crippen molar-refractivity contribution in [1.29, 1.82) is 0 Å². The van der Waals surface area contributed by atoms with Crippen LogP contribution in [0.25, 0.3) is 0 Å². The van der Waals surface area contributed by atoms with Crippen molar-refractivity contribution in [2.75, 3.05) is 27.3 Å². The van der Waals surface area contributed by atoms with Gasteiger partial charge in [0.15, 0.2) is 11.5 Å². The van der Waals surface area contributed by atoms with Gasteiger partial charge < -0.3 is 24.6 Å². The molecule has 1 aliphatic rings. The van der Waals surface area contributed by atoms with Gasteiger partial charge >= 0.3 is 0 Å². The van der Waals surface area contributed by atoms with E-state index in [-0.39, 0.29) is 12.1 Å². The minimum absolute atomic E-state index is 0.0686. The molecule has 36 heavy (non-hydrogen) atoms. The van der Waals surface area contributed by atoms with E-state index in [1.54, 1.807) is 14.2 Å². The molecule has 0 saturated heterocycles. The van der Waals surface area contributed by atoms with Gasteiger partial charge in [0.2, 0.25) is 5.91 Å². The zero-order valence-electron chi connectivity index (χ0n) is 22.1. The number of methoxy groups -OCH3 is 2. The van der Waals surface area contributed by atoms with E-state index < -0.39 is 0 Å². The molecular formula is C28H39ClN4O3. The molecule has 1 N–H and O–H groups in total. The fourth-order valence-corrected chi connectivity index (χ4v) is 5.03. The van der Waals surface area contributed by atoms with E-state index in [0.29, 0.717) is 41.9 Å². The second kappa shape index (κ2) is 13.4. The van der Waals surface area contributed by atoms with Gasteiger partial charge in [0, 0.05) is 31.1 Å². The van der Waals surface area contributed by atoms with Crippen molar-refractivity contribution in [3.63, 3.8) is 0 Å². The highest BCUT2D eigenvalue weighted by atomic mass is 35.5. The third-order valence-electron chi connectivity index (χ3n) is 6.68. The number of benzene rings is 1. The minimum atomic E-state index is 0.0686. The third kappa shape index (κ3) is 6.84. The standard InChI is InChI=1S/C28H39ClN4O3/c1-6-23-19-32(18-22-10-8-9-15-30-22)26(33(23)7-2)17-31-25(34)14-11-20(3)16-21-12-13-24(35-4)28(36-5)27(21)29/h8-10,12-13,15,19-20,26H,6-7,11,14,16-18H2,1-5H3,(H,31,34). The van der Waals surface area contributed by atoms with Crippen molar-refractivity contribution in [3.05, 3.63) is 64.7 Å². The number of amides is 1. The summed E-state index contributed by atoms with van der Waals surface area (Å²) in [4.78, 5) is 21.9. The van der Waals surface area contributed by atoms with E-state index in [9.17, 15) is 4.79 Å². The lowest BCUT2D eigenvalue weighted by Gasteiger charge is -2.33. The largest absolute Gasteiger partial charge is 0.493 e. The normalized spacial score (nSPS) is 16.1. The second-order valence-electron chi connectivity index (χ2n) is 9.16. The first-order valence-electron chi connectivity index (χ1n) is 12.7. The first-order valence-corrected chi connectivity index (χ1v) is 13.1. The molecule has 2 unspecified atom stereocenters. The van der Waals surface area contributed by atoms with Gasteiger partial charge in [-0.2, -0.15) is 0 Å². The Bertz CT molecular complexity index is 1030. The van der Waals surface area contributed by atoms with Crippen molar-refractivity contribution < 1.29 is 14.3 Å². The Balaban J connectivity index is 1.54. The van der Waals surface area contributed by atoms with Gasteiger partial charge in [-0.1, -0.05) is 37.6 Å². The van der Waals surface area contributed by atoms with Gasteiger partial charge in [0.25, 0.3) is 0 Å². The zero-order chi connectivity index (χ0) is 26.1. The fraction of sp³-hybridized carbons (Fsp3) is 0.500. The number of allylic oxidation sites excluding steroid dienone is 1. The number of likely N-dealkylation sites (N-methyl/N-ethyl adjacent to an activating group) is 1. The van der Waals surface area contributed by atoms with Crippen LogP contribution in [-0.4, -0.2) is 54.2 Å². The molecule has 2 heterocycles. The summed E-state index contributed by atoms with van der Waals surface area (Å²) in [6.07, 6.45) is 7.07. The Morgan fingerprint density at radius 2 is 2.00 bits per heavy atom. The lowest BCUT2D eigenvalue weighted by molar-refractivity contribution is -0.121. The van der Waals surface area contributed by atoms with Gasteiger partial charge in [-0.3, -0.25) is 9.78 Å². The topological polar surface area (TPSA) is 66.9 Å². The average molecular weight is 515 g/mol. The molecule has 1 aliphatic heterocycles. The minimum Gasteiger partial charge on any atom is -0.493 e. The second-order valence-corrected chi connectivity index (χ2v) is 9.54. The van der Waals surface area contributed by atoms with Crippen LogP contribution in [0.1, 0.15) is 51.3 Å². The van der Waals surface area contributed by atoms with Crippen LogP contribution in [0, 0.1) is 5.92 Å². The molecule has 3 rings (SSSR count). The van der Waals surface area contributed by atoms with E-state index in [1.807, 2.05) is 36.5 Å². The molecule has 0 saturated carbocycles. The van der Waals surface area contributed by atoms with Gasteiger partial charge in [0.1, 0.15) is 6.17 Å². The highest BCUT2D eigenvalue weighted by Gasteiger charge is 2.30. The number of nitrogens with one attached hydrogen (secondary N) is 1. The molecule has 1 aromatic carbocycles. The van der Waals surface area contributed by atoms with E-state index >= 15 is 0 Å². The van der Waals surface area contributed by atoms with E-state index in [1.165, 1.54) is 5.70 Å². The van der Waals surface area contributed by atoms with E-state index in [2.05, 4.69) is 47.1 Å². The van der Waals surface area contributed by atoms with Crippen molar-refractivity contribution in [1.82, 2.24) is 20.1 Å². The molecule has 2 atom stereocenters. The maximum Gasteiger partial charge on any atom is 0.220 e. The van der Waals surface area contributed by atoms with Gasteiger partial charge in [-0.15, -0.1) is 0 Å². The maximum atomic E-state index is 12.8. The molecule has 196 valence electrons. The fourth-order valence-electron chi connectivity index (χ4n) is 4.72.